The van der Waals surface area contributed by atoms with Crippen LogP contribution in [-0.2, 0) is 0 Å². The van der Waals surface area contributed by atoms with Crippen LogP contribution in [0.5, 0.6) is 0 Å². The predicted molar refractivity (Wildman–Crippen MR) is 64.6 cm³/mol. The highest BCUT2D eigenvalue weighted by Crippen LogP contribution is 2.73. The van der Waals surface area contributed by atoms with Gasteiger partial charge in [0.15, 0.2) is 0 Å². The zero-order chi connectivity index (χ0) is 10.8. The normalized spacial score (nSPS) is 51.5. The first-order valence-electron chi connectivity index (χ1n) is 6.63. The minimum atomic E-state index is 0.647. The average Bonchev–Trinajstić information content (AvgIpc) is 2.68. The van der Waals surface area contributed by atoms with Crippen molar-refractivity contribution < 1.29 is 0 Å². The largest absolute Gasteiger partial charge is 0.0853 e. The highest BCUT2D eigenvalue weighted by molar-refractivity contribution is 5.25. The Bertz CT molecular complexity index is 323. The maximum absolute atomic E-state index is 2.55. The lowest BCUT2D eigenvalue weighted by Crippen LogP contribution is -2.36. The van der Waals surface area contributed by atoms with E-state index in [2.05, 4.69) is 33.8 Å². The van der Waals surface area contributed by atoms with Crippen molar-refractivity contribution in [2.75, 3.05) is 0 Å². The summed E-state index contributed by atoms with van der Waals surface area (Å²) in [5.41, 5.74) is 3.01. The van der Waals surface area contributed by atoms with Crippen LogP contribution in [0.2, 0.25) is 0 Å². The van der Waals surface area contributed by atoms with Crippen molar-refractivity contribution in [1.82, 2.24) is 0 Å². The van der Waals surface area contributed by atoms with Crippen LogP contribution in [0.3, 0.4) is 0 Å². The van der Waals surface area contributed by atoms with Gasteiger partial charge in [-0.2, -0.15) is 0 Å². The molecule has 3 rings (SSSR count). The van der Waals surface area contributed by atoms with E-state index in [9.17, 15) is 0 Å². The summed E-state index contributed by atoms with van der Waals surface area (Å²) < 4.78 is 0. The first-order valence-corrected chi connectivity index (χ1v) is 6.63. The summed E-state index contributed by atoms with van der Waals surface area (Å²) in [7, 11) is 0. The van der Waals surface area contributed by atoms with E-state index in [0.29, 0.717) is 10.8 Å². The van der Waals surface area contributed by atoms with E-state index in [1.54, 1.807) is 5.57 Å². The molecule has 3 aliphatic carbocycles. The molecule has 0 unspecified atom stereocenters. The Balaban J connectivity index is 1.99. The van der Waals surface area contributed by atoms with Gasteiger partial charge in [-0.05, 0) is 61.2 Å². The molecule has 15 heavy (non-hydrogen) atoms. The van der Waals surface area contributed by atoms with Gasteiger partial charge < -0.3 is 0 Å². The van der Waals surface area contributed by atoms with Crippen LogP contribution < -0.4 is 0 Å². The molecule has 3 aliphatic rings. The summed E-state index contributed by atoms with van der Waals surface area (Å²) in [6, 6.07) is 0. The molecular formula is C15H24. The van der Waals surface area contributed by atoms with Gasteiger partial charge in [0.05, 0.1) is 0 Å². The molecule has 0 aromatic rings. The van der Waals surface area contributed by atoms with Crippen LogP contribution in [0.25, 0.3) is 0 Å². The van der Waals surface area contributed by atoms with E-state index in [1.807, 2.05) is 0 Å². The smallest absolute Gasteiger partial charge is 0.0115 e. The fraction of sp³-hybridized carbons (Fsp3) is 0.867. The van der Waals surface area contributed by atoms with E-state index in [0.717, 1.165) is 17.8 Å². The van der Waals surface area contributed by atoms with Crippen LogP contribution in [0.15, 0.2) is 11.6 Å². The topological polar surface area (TPSA) is 0 Å². The molecule has 0 saturated heterocycles. The fourth-order valence-corrected chi connectivity index (χ4v) is 4.94. The molecule has 4 atom stereocenters. The van der Waals surface area contributed by atoms with Gasteiger partial charge in [0.2, 0.25) is 0 Å². The predicted octanol–water partition coefficient (Wildman–Crippen LogP) is 4.42. The Morgan fingerprint density at radius 3 is 2.67 bits per heavy atom. The van der Waals surface area contributed by atoms with Gasteiger partial charge in [0.25, 0.3) is 0 Å². The summed E-state index contributed by atoms with van der Waals surface area (Å²) in [5, 5.41) is 0. The monoisotopic (exact) mass is 204 g/mol. The van der Waals surface area contributed by atoms with Gasteiger partial charge >= 0.3 is 0 Å². The summed E-state index contributed by atoms with van der Waals surface area (Å²) in [4.78, 5) is 0. The molecule has 0 aromatic carbocycles. The van der Waals surface area contributed by atoms with Crippen LogP contribution in [0.4, 0.5) is 0 Å². The zero-order valence-electron chi connectivity index (χ0n) is 10.6. The SMILES string of the molecule is CC1=CCC[C@]2(C)CC[C@@H]3[C@H]([C@H]12)C3(C)C. The van der Waals surface area contributed by atoms with E-state index < -0.39 is 0 Å². The molecule has 2 fully saturated rings. The average molecular weight is 204 g/mol. The molecule has 84 valence electrons. The van der Waals surface area contributed by atoms with Crippen molar-refractivity contribution in [2.24, 2.45) is 28.6 Å². The number of rotatable bonds is 0. The molecule has 0 nitrogen and oxygen atoms in total. The zero-order valence-corrected chi connectivity index (χ0v) is 10.6. The number of hydrogen-bond donors (Lipinski definition) is 0. The van der Waals surface area contributed by atoms with Crippen LogP contribution in [0, 0.1) is 28.6 Å². The lowest BCUT2D eigenvalue weighted by Gasteiger charge is -2.45. The lowest BCUT2D eigenvalue weighted by atomic mass is 9.60. The molecule has 0 bridgehead atoms. The van der Waals surface area contributed by atoms with Crippen molar-refractivity contribution in [3.05, 3.63) is 11.6 Å². The van der Waals surface area contributed by atoms with Crippen molar-refractivity contribution in [3.8, 4) is 0 Å². The standard InChI is InChI=1S/C15H24/c1-10-6-5-8-15(4)9-7-11-13(12(10)15)14(11,2)3/h6,11-13H,5,7-9H2,1-4H3/t11-,12+,13-,15-/m1/s1. The van der Waals surface area contributed by atoms with Gasteiger partial charge in [0, 0.05) is 0 Å². The third kappa shape index (κ3) is 1.14. The first-order chi connectivity index (χ1) is 6.97. The summed E-state index contributed by atoms with van der Waals surface area (Å²) in [6.07, 6.45) is 8.26. The first kappa shape index (κ1) is 9.93. The third-order valence-electron chi connectivity index (χ3n) is 5.95. The van der Waals surface area contributed by atoms with Crippen molar-refractivity contribution in [3.63, 3.8) is 0 Å². The highest BCUT2D eigenvalue weighted by atomic mass is 14.7. The fourth-order valence-electron chi connectivity index (χ4n) is 4.94. The Kier molecular flexibility index (Phi) is 1.79. The van der Waals surface area contributed by atoms with E-state index in [4.69, 9.17) is 0 Å². The highest BCUT2D eigenvalue weighted by Gasteiger charge is 2.66. The molecule has 0 N–H and O–H groups in total. The minimum absolute atomic E-state index is 0.647. The number of allylic oxidation sites excluding steroid dienone is 2. The molecule has 0 amide bonds. The molecule has 0 radical (unpaired) electrons. The van der Waals surface area contributed by atoms with Crippen molar-refractivity contribution in [2.45, 2.75) is 53.4 Å². The molecule has 0 heterocycles. The molecular weight excluding hydrogens is 180 g/mol. The molecule has 0 heteroatoms. The van der Waals surface area contributed by atoms with E-state index >= 15 is 0 Å². The minimum Gasteiger partial charge on any atom is -0.0853 e. The molecule has 0 aromatic heterocycles. The van der Waals surface area contributed by atoms with E-state index in [-0.39, 0.29) is 0 Å². The second kappa shape index (κ2) is 2.70. The molecule has 2 saturated carbocycles. The maximum atomic E-state index is 2.55. The van der Waals surface area contributed by atoms with Gasteiger partial charge in [-0.15, -0.1) is 0 Å². The van der Waals surface area contributed by atoms with Crippen molar-refractivity contribution >= 4 is 0 Å². The van der Waals surface area contributed by atoms with Gasteiger partial charge in [0.1, 0.15) is 0 Å². The van der Waals surface area contributed by atoms with Crippen LogP contribution in [0.1, 0.15) is 53.4 Å². The third-order valence-corrected chi connectivity index (χ3v) is 5.95. The van der Waals surface area contributed by atoms with Crippen LogP contribution in [-0.4, -0.2) is 0 Å². The second-order valence-electron chi connectivity index (χ2n) is 7.11. The molecule has 0 spiro atoms. The number of fused-ring (bicyclic) bond motifs is 3. The maximum Gasteiger partial charge on any atom is -0.0115 e. The Labute approximate surface area is 94.1 Å². The Hall–Kier alpha value is -0.260. The Morgan fingerprint density at radius 1 is 1.20 bits per heavy atom. The van der Waals surface area contributed by atoms with E-state index in [1.165, 1.54) is 25.7 Å². The number of hydrogen-bond acceptors (Lipinski definition) is 0. The van der Waals surface area contributed by atoms with Gasteiger partial charge in [-0.25, -0.2) is 0 Å². The summed E-state index contributed by atoms with van der Waals surface area (Å²) >= 11 is 0. The quantitative estimate of drug-likeness (QED) is 0.513. The van der Waals surface area contributed by atoms with Crippen LogP contribution >= 0.6 is 0 Å². The lowest BCUT2D eigenvalue weighted by molar-refractivity contribution is 0.109. The van der Waals surface area contributed by atoms with Gasteiger partial charge in [-0.3, -0.25) is 0 Å². The molecule has 0 aliphatic heterocycles. The second-order valence-corrected chi connectivity index (χ2v) is 7.11. The Morgan fingerprint density at radius 2 is 1.93 bits per heavy atom. The summed E-state index contributed by atoms with van der Waals surface area (Å²) in [5.74, 6) is 2.96. The van der Waals surface area contributed by atoms with Crippen molar-refractivity contribution in [1.29, 1.82) is 0 Å². The summed E-state index contributed by atoms with van der Waals surface area (Å²) in [6.45, 7) is 9.93. The van der Waals surface area contributed by atoms with Gasteiger partial charge in [-0.1, -0.05) is 32.4 Å².